The van der Waals surface area contributed by atoms with E-state index in [1.165, 1.54) is 12.1 Å². The highest BCUT2D eigenvalue weighted by atomic mass is 35.5. The molecule has 0 aliphatic carbocycles. The van der Waals surface area contributed by atoms with Crippen molar-refractivity contribution >= 4 is 23.4 Å². The van der Waals surface area contributed by atoms with Crippen LogP contribution in [0.2, 0.25) is 5.02 Å². The van der Waals surface area contributed by atoms with Crippen molar-refractivity contribution in [1.82, 2.24) is 14.7 Å². The molecule has 1 amide bonds. The second-order valence-electron chi connectivity index (χ2n) is 7.56. The Hall–Kier alpha value is -2.28. The lowest BCUT2D eigenvalue weighted by molar-refractivity contribution is -0.00383. The third kappa shape index (κ3) is 4.09. The number of anilines is 1. The predicted octanol–water partition coefficient (Wildman–Crippen LogP) is 3.79. The predicted molar refractivity (Wildman–Crippen MR) is 98.3 cm³/mol. The van der Waals surface area contributed by atoms with Crippen molar-refractivity contribution in [3.8, 4) is 11.1 Å². The van der Waals surface area contributed by atoms with E-state index < -0.39 is 11.4 Å². The summed E-state index contributed by atoms with van der Waals surface area (Å²) in [6.07, 6.45) is 3.06. The highest BCUT2D eigenvalue weighted by molar-refractivity contribution is 6.33. The van der Waals surface area contributed by atoms with Crippen LogP contribution in [-0.2, 0) is 11.3 Å². The zero-order valence-electron chi connectivity index (χ0n) is 15.0. The Balaban J connectivity index is 1.59. The highest BCUT2D eigenvalue weighted by Gasteiger charge is 2.33. The van der Waals surface area contributed by atoms with Crippen LogP contribution in [0.15, 0.2) is 24.5 Å². The molecule has 26 heavy (non-hydrogen) atoms. The molecule has 0 bridgehead atoms. The summed E-state index contributed by atoms with van der Waals surface area (Å²) in [5.41, 5.74) is 6.58. The maximum atomic E-state index is 14.1. The molecule has 6 nitrogen and oxygen atoms in total. The van der Waals surface area contributed by atoms with Crippen LogP contribution in [0.1, 0.15) is 20.8 Å². The number of nitrogens with zero attached hydrogens (tertiary/aromatic N) is 3. The molecule has 0 unspecified atom stereocenters. The summed E-state index contributed by atoms with van der Waals surface area (Å²) in [6.45, 7) is 7.41. The third-order valence-electron chi connectivity index (χ3n) is 4.08. The Morgan fingerprint density at radius 2 is 2.12 bits per heavy atom. The van der Waals surface area contributed by atoms with Crippen molar-refractivity contribution in [2.45, 2.75) is 32.9 Å². The van der Waals surface area contributed by atoms with Gasteiger partial charge in [0.1, 0.15) is 11.4 Å². The lowest BCUT2D eigenvalue weighted by atomic mass is 10.0. The average molecular weight is 381 g/mol. The number of hydrogen-bond donors (Lipinski definition) is 1. The van der Waals surface area contributed by atoms with Crippen LogP contribution in [-0.4, -0.2) is 39.5 Å². The van der Waals surface area contributed by atoms with Gasteiger partial charge in [-0.2, -0.15) is 5.10 Å². The van der Waals surface area contributed by atoms with Gasteiger partial charge in [-0.25, -0.2) is 9.18 Å². The summed E-state index contributed by atoms with van der Waals surface area (Å²) < 4.78 is 21.2. The first-order valence-corrected chi connectivity index (χ1v) is 8.75. The fraction of sp³-hybridized carbons (Fsp3) is 0.444. The number of aromatic nitrogens is 2. The fourth-order valence-corrected chi connectivity index (χ4v) is 2.97. The quantitative estimate of drug-likeness (QED) is 0.822. The Labute approximate surface area is 156 Å². The van der Waals surface area contributed by atoms with Crippen molar-refractivity contribution < 1.29 is 13.9 Å². The first kappa shape index (κ1) is 18.5. The Morgan fingerprint density at radius 3 is 2.77 bits per heavy atom. The van der Waals surface area contributed by atoms with Crippen molar-refractivity contribution in [3.63, 3.8) is 0 Å². The summed E-state index contributed by atoms with van der Waals surface area (Å²) in [5, 5.41) is 4.47. The van der Waals surface area contributed by atoms with Gasteiger partial charge in [0, 0.05) is 42.9 Å². The summed E-state index contributed by atoms with van der Waals surface area (Å²) in [7, 11) is 0. The van der Waals surface area contributed by atoms with E-state index in [-0.39, 0.29) is 17.0 Å². The Bertz CT molecular complexity index is 825. The molecule has 1 fully saturated rings. The number of nitrogen functional groups attached to an aromatic ring is 1. The molecular weight excluding hydrogens is 359 g/mol. The Morgan fingerprint density at radius 1 is 1.42 bits per heavy atom. The number of likely N-dealkylation sites (tertiary alicyclic amines) is 1. The molecule has 8 heteroatoms. The number of carbonyl (C=O) groups excluding carboxylic acids is 1. The largest absolute Gasteiger partial charge is 0.444 e. The lowest BCUT2D eigenvalue weighted by Crippen LogP contribution is -2.52. The molecule has 1 saturated heterocycles. The minimum atomic E-state index is -0.496. The van der Waals surface area contributed by atoms with Crippen LogP contribution in [0, 0.1) is 11.7 Å². The number of amides is 1. The van der Waals surface area contributed by atoms with Crippen LogP contribution in [0.4, 0.5) is 14.9 Å². The van der Waals surface area contributed by atoms with E-state index in [1.54, 1.807) is 22.0 Å². The number of carbonyl (C=O) groups is 1. The van der Waals surface area contributed by atoms with E-state index >= 15 is 0 Å². The van der Waals surface area contributed by atoms with Crippen molar-refractivity contribution in [3.05, 3.63) is 35.4 Å². The normalized spacial score (nSPS) is 15.0. The SMILES string of the molecule is CC(C)(C)OC(=O)N1CC(Cn2cc(-c3cc(N)c(Cl)cc3F)cn2)C1. The number of halogens is 2. The monoisotopic (exact) mass is 380 g/mol. The summed E-state index contributed by atoms with van der Waals surface area (Å²) in [5.74, 6) is -0.154. The molecule has 1 aliphatic rings. The van der Waals surface area contributed by atoms with Gasteiger partial charge in [-0.15, -0.1) is 0 Å². The van der Waals surface area contributed by atoms with Crippen LogP contribution in [0.3, 0.4) is 0 Å². The molecule has 2 N–H and O–H groups in total. The van der Waals surface area contributed by atoms with Crippen molar-refractivity contribution in [2.75, 3.05) is 18.8 Å². The standard InChI is InChI=1S/C18H22ClFN4O2/c1-18(2,3)26-17(25)23-7-11(8-23)9-24-10-12(6-22-24)13-4-16(21)14(19)5-15(13)20/h4-6,10-11H,7-9,21H2,1-3H3. The number of ether oxygens (including phenoxy) is 1. The van der Waals surface area contributed by atoms with Crippen molar-refractivity contribution in [2.24, 2.45) is 5.92 Å². The van der Waals surface area contributed by atoms with Gasteiger partial charge < -0.3 is 15.4 Å². The van der Waals surface area contributed by atoms with Gasteiger partial charge in [0.15, 0.2) is 0 Å². The highest BCUT2D eigenvalue weighted by Crippen LogP contribution is 2.30. The van der Waals surface area contributed by atoms with Gasteiger partial charge in [0.05, 0.1) is 16.9 Å². The molecule has 0 spiro atoms. The molecular formula is C18H22ClFN4O2. The molecule has 0 saturated carbocycles. The Kier molecular flexibility index (Phi) is 4.84. The van der Waals surface area contributed by atoms with E-state index in [1.807, 2.05) is 20.8 Å². The van der Waals surface area contributed by atoms with E-state index in [0.29, 0.717) is 36.4 Å². The number of rotatable bonds is 3. The molecule has 2 heterocycles. The first-order chi connectivity index (χ1) is 12.1. The van der Waals surface area contributed by atoms with Crippen LogP contribution < -0.4 is 5.73 Å². The maximum Gasteiger partial charge on any atom is 0.410 e. The number of nitrogens with two attached hydrogens (primary N) is 1. The van der Waals surface area contributed by atoms with E-state index in [4.69, 9.17) is 22.1 Å². The van der Waals surface area contributed by atoms with Gasteiger partial charge in [-0.05, 0) is 32.9 Å². The van der Waals surface area contributed by atoms with Gasteiger partial charge in [0.25, 0.3) is 0 Å². The van der Waals surface area contributed by atoms with E-state index in [2.05, 4.69) is 5.10 Å². The second-order valence-corrected chi connectivity index (χ2v) is 7.96. The topological polar surface area (TPSA) is 73.4 Å². The smallest absolute Gasteiger partial charge is 0.410 e. The molecule has 0 atom stereocenters. The van der Waals surface area contributed by atoms with Gasteiger partial charge in [-0.1, -0.05) is 11.6 Å². The molecule has 1 aliphatic heterocycles. The molecule has 2 aromatic rings. The average Bonchev–Trinajstić information content (AvgIpc) is 2.92. The summed E-state index contributed by atoms with van der Waals surface area (Å²) in [6, 6.07) is 2.71. The molecule has 1 aromatic carbocycles. The van der Waals surface area contributed by atoms with Gasteiger partial charge >= 0.3 is 6.09 Å². The van der Waals surface area contributed by atoms with Crippen LogP contribution in [0.5, 0.6) is 0 Å². The molecule has 0 radical (unpaired) electrons. The third-order valence-corrected chi connectivity index (χ3v) is 4.41. The molecule has 3 rings (SSSR count). The van der Waals surface area contributed by atoms with Gasteiger partial charge in [0.2, 0.25) is 0 Å². The fourth-order valence-electron chi connectivity index (χ4n) is 2.81. The number of hydrogen-bond acceptors (Lipinski definition) is 4. The second kappa shape index (κ2) is 6.79. The zero-order valence-corrected chi connectivity index (χ0v) is 15.8. The zero-order chi connectivity index (χ0) is 19.1. The first-order valence-electron chi connectivity index (χ1n) is 8.37. The number of benzene rings is 1. The minimum Gasteiger partial charge on any atom is -0.444 e. The molecule has 1 aromatic heterocycles. The van der Waals surface area contributed by atoms with Crippen molar-refractivity contribution in [1.29, 1.82) is 0 Å². The van der Waals surface area contributed by atoms with Gasteiger partial charge in [-0.3, -0.25) is 4.68 Å². The van der Waals surface area contributed by atoms with Crippen LogP contribution in [0.25, 0.3) is 11.1 Å². The summed E-state index contributed by atoms with van der Waals surface area (Å²) in [4.78, 5) is 13.6. The van der Waals surface area contributed by atoms with E-state index in [9.17, 15) is 9.18 Å². The minimum absolute atomic E-state index is 0.190. The maximum absolute atomic E-state index is 14.1. The lowest BCUT2D eigenvalue weighted by Gasteiger charge is -2.39. The van der Waals surface area contributed by atoms with E-state index in [0.717, 1.165) is 0 Å². The summed E-state index contributed by atoms with van der Waals surface area (Å²) >= 11 is 5.82. The molecule has 140 valence electrons. The van der Waals surface area contributed by atoms with Crippen LogP contribution >= 0.6 is 11.6 Å².